The molecule has 114 valence electrons. The van der Waals surface area contributed by atoms with E-state index in [-0.39, 0.29) is 42.8 Å². The van der Waals surface area contributed by atoms with Crippen molar-refractivity contribution in [2.24, 2.45) is 5.92 Å². The molecule has 0 atom stereocenters. The molecule has 2 heterocycles. The van der Waals surface area contributed by atoms with Gasteiger partial charge in [-0.15, -0.1) is 0 Å². The third-order valence-electron chi connectivity index (χ3n) is 4.23. The number of hydrogen-bond donors (Lipinski definition) is 1. The second-order valence-corrected chi connectivity index (χ2v) is 5.94. The van der Waals surface area contributed by atoms with Crippen molar-refractivity contribution in [2.45, 2.75) is 31.4 Å². The minimum atomic E-state index is -1.40. The number of carbonyl (C=O) groups excluding carboxylic acids is 1. The Labute approximate surface area is 122 Å². The van der Waals surface area contributed by atoms with Crippen LogP contribution in [0.15, 0.2) is 18.3 Å². The molecule has 21 heavy (non-hydrogen) atoms. The van der Waals surface area contributed by atoms with Crippen molar-refractivity contribution in [3.63, 3.8) is 0 Å². The van der Waals surface area contributed by atoms with Crippen LogP contribution in [0.3, 0.4) is 0 Å². The van der Waals surface area contributed by atoms with E-state index in [0.29, 0.717) is 13.1 Å². The number of amides is 1. The summed E-state index contributed by atoms with van der Waals surface area (Å²) < 4.78 is 28.3. The van der Waals surface area contributed by atoms with Gasteiger partial charge in [0.2, 0.25) is 5.91 Å². The number of pyridine rings is 1. The zero-order chi connectivity index (χ0) is 14.9. The molecule has 1 aliphatic heterocycles. The molecule has 0 radical (unpaired) electrons. The lowest BCUT2D eigenvalue weighted by Crippen LogP contribution is -2.48. The van der Waals surface area contributed by atoms with Crippen LogP contribution in [0.2, 0.25) is 0 Å². The van der Waals surface area contributed by atoms with E-state index in [1.807, 2.05) is 0 Å². The van der Waals surface area contributed by atoms with E-state index in [4.69, 9.17) is 0 Å². The fourth-order valence-electron chi connectivity index (χ4n) is 2.64. The molecule has 0 aromatic carbocycles. The van der Waals surface area contributed by atoms with E-state index in [1.165, 1.54) is 18.3 Å². The highest BCUT2D eigenvalue weighted by Gasteiger charge is 2.37. The number of halogens is 2. The van der Waals surface area contributed by atoms with Gasteiger partial charge in [0.05, 0.1) is 6.54 Å². The molecule has 2 aliphatic rings. The van der Waals surface area contributed by atoms with Gasteiger partial charge in [-0.2, -0.15) is 0 Å². The van der Waals surface area contributed by atoms with Crippen molar-refractivity contribution < 1.29 is 13.6 Å². The summed E-state index contributed by atoms with van der Waals surface area (Å²) >= 11 is 0. The number of nitrogens with zero attached hydrogens (tertiary/aromatic N) is 2. The van der Waals surface area contributed by atoms with Crippen LogP contribution in [0.25, 0.3) is 0 Å². The van der Waals surface area contributed by atoms with Crippen LogP contribution in [-0.4, -0.2) is 36.2 Å². The first-order valence-corrected chi connectivity index (χ1v) is 7.39. The average Bonchev–Trinajstić information content (AvgIpc) is 3.31. The standard InChI is InChI=1S/C15H19F2N3O/c16-12-2-1-7-18-13(12)20-8-5-15(17,6-9-20)10-19-14(21)11-3-4-11/h1-2,7,11H,3-6,8-10H2,(H,19,21). The summed E-state index contributed by atoms with van der Waals surface area (Å²) in [6.07, 6.45) is 3.91. The number of carbonyl (C=O) groups is 1. The summed E-state index contributed by atoms with van der Waals surface area (Å²) in [5.41, 5.74) is -1.40. The fraction of sp³-hybridized carbons (Fsp3) is 0.600. The predicted octanol–water partition coefficient (Wildman–Crippen LogP) is 2.06. The highest BCUT2D eigenvalue weighted by molar-refractivity contribution is 5.80. The first kappa shape index (κ1) is 14.2. The minimum Gasteiger partial charge on any atom is -0.354 e. The van der Waals surface area contributed by atoms with Crippen LogP contribution >= 0.6 is 0 Å². The van der Waals surface area contributed by atoms with Crippen molar-refractivity contribution in [3.05, 3.63) is 24.1 Å². The van der Waals surface area contributed by atoms with Crippen molar-refractivity contribution in [1.29, 1.82) is 0 Å². The van der Waals surface area contributed by atoms with Crippen LogP contribution in [0.4, 0.5) is 14.6 Å². The molecular formula is C15H19F2N3O. The summed E-state index contributed by atoms with van der Waals surface area (Å²) in [5, 5.41) is 2.70. The molecule has 6 heteroatoms. The molecule has 3 rings (SSSR count). The molecule has 0 bridgehead atoms. The normalized spacial score (nSPS) is 21.1. The third-order valence-corrected chi connectivity index (χ3v) is 4.23. The van der Waals surface area contributed by atoms with Crippen molar-refractivity contribution in [1.82, 2.24) is 10.3 Å². The monoisotopic (exact) mass is 295 g/mol. The van der Waals surface area contributed by atoms with E-state index in [0.717, 1.165) is 12.8 Å². The zero-order valence-electron chi connectivity index (χ0n) is 11.8. The molecular weight excluding hydrogens is 276 g/mol. The smallest absolute Gasteiger partial charge is 0.223 e. The second-order valence-electron chi connectivity index (χ2n) is 5.94. The summed E-state index contributed by atoms with van der Waals surface area (Å²) in [7, 11) is 0. The Morgan fingerprint density at radius 1 is 1.43 bits per heavy atom. The molecule has 1 amide bonds. The summed E-state index contributed by atoms with van der Waals surface area (Å²) in [5.74, 6) is -0.0472. The molecule has 1 aromatic heterocycles. The van der Waals surface area contributed by atoms with Gasteiger partial charge in [-0.1, -0.05) is 0 Å². The molecule has 1 saturated carbocycles. The number of anilines is 1. The Balaban J connectivity index is 1.54. The van der Waals surface area contributed by atoms with Crippen LogP contribution in [0.1, 0.15) is 25.7 Å². The number of rotatable bonds is 4. The average molecular weight is 295 g/mol. The van der Waals surface area contributed by atoms with Crippen LogP contribution in [0.5, 0.6) is 0 Å². The van der Waals surface area contributed by atoms with Gasteiger partial charge < -0.3 is 10.2 Å². The maximum atomic E-state index is 14.7. The fourth-order valence-corrected chi connectivity index (χ4v) is 2.64. The maximum absolute atomic E-state index is 14.7. The molecule has 0 unspecified atom stereocenters. The lowest BCUT2D eigenvalue weighted by molar-refractivity contribution is -0.123. The molecule has 1 N–H and O–H groups in total. The van der Waals surface area contributed by atoms with Gasteiger partial charge in [-0.3, -0.25) is 4.79 Å². The minimum absolute atomic E-state index is 0.0368. The number of hydrogen-bond acceptors (Lipinski definition) is 3. The van der Waals surface area contributed by atoms with E-state index in [9.17, 15) is 13.6 Å². The Hall–Kier alpha value is -1.72. The van der Waals surface area contributed by atoms with E-state index in [1.54, 1.807) is 4.90 Å². The van der Waals surface area contributed by atoms with Gasteiger partial charge in [0.1, 0.15) is 5.67 Å². The lowest BCUT2D eigenvalue weighted by atomic mass is 9.93. The SMILES string of the molecule is O=C(NCC1(F)CCN(c2ncccc2F)CC1)C1CC1. The Morgan fingerprint density at radius 2 is 2.14 bits per heavy atom. The van der Waals surface area contributed by atoms with E-state index < -0.39 is 5.67 Å². The first-order valence-electron chi connectivity index (χ1n) is 7.39. The van der Waals surface area contributed by atoms with Gasteiger partial charge in [0, 0.05) is 38.0 Å². The molecule has 2 fully saturated rings. The molecule has 1 saturated heterocycles. The van der Waals surface area contributed by atoms with Crippen LogP contribution in [0, 0.1) is 11.7 Å². The van der Waals surface area contributed by atoms with Gasteiger partial charge in [0.25, 0.3) is 0 Å². The van der Waals surface area contributed by atoms with Gasteiger partial charge in [-0.05, 0) is 25.0 Å². The number of piperidine rings is 1. The Bertz CT molecular complexity index is 525. The van der Waals surface area contributed by atoms with Crippen molar-refractivity contribution in [3.8, 4) is 0 Å². The topological polar surface area (TPSA) is 45.2 Å². The lowest BCUT2D eigenvalue weighted by Gasteiger charge is -2.37. The Kier molecular flexibility index (Phi) is 3.78. The molecule has 1 aliphatic carbocycles. The summed E-state index contributed by atoms with van der Waals surface area (Å²) in [4.78, 5) is 17.3. The second kappa shape index (κ2) is 5.58. The molecule has 0 spiro atoms. The quantitative estimate of drug-likeness (QED) is 0.925. The van der Waals surface area contributed by atoms with Gasteiger partial charge in [0.15, 0.2) is 11.6 Å². The van der Waals surface area contributed by atoms with Crippen LogP contribution in [-0.2, 0) is 4.79 Å². The number of aromatic nitrogens is 1. The largest absolute Gasteiger partial charge is 0.354 e. The van der Waals surface area contributed by atoms with Crippen LogP contribution < -0.4 is 10.2 Å². The molecule has 1 aromatic rings. The van der Waals surface area contributed by atoms with Gasteiger partial charge >= 0.3 is 0 Å². The van der Waals surface area contributed by atoms with Crippen molar-refractivity contribution >= 4 is 11.7 Å². The summed E-state index contributed by atoms with van der Waals surface area (Å²) in [6, 6.07) is 2.89. The Morgan fingerprint density at radius 3 is 2.76 bits per heavy atom. The first-order chi connectivity index (χ1) is 10.1. The zero-order valence-corrected chi connectivity index (χ0v) is 11.8. The number of alkyl halides is 1. The van der Waals surface area contributed by atoms with Crippen molar-refractivity contribution in [2.75, 3.05) is 24.5 Å². The summed E-state index contributed by atoms with van der Waals surface area (Å²) in [6.45, 7) is 0.869. The number of nitrogens with one attached hydrogen (secondary N) is 1. The maximum Gasteiger partial charge on any atom is 0.223 e. The molecule has 4 nitrogen and oxygen atoms in total. The van der Waals surface area contributed by atoms with E-state index in [2.05, 4.69) is 10.3 Å². The van der Waals surface area contributed by atoms with E-state index >= 15 is 0 Å². The van der Waals surface area contributed by atoms with Gasteiger partial charge in [-0.25, -0.2) is 13.8 Å². The highest BCUT2D eigenvalue weighted by atomic mass is 19.1. The highest BCUT2D eigenvalue weighted by Crippen LogP contribution is 2.31. The predicted molar refractivity (Wildman–Crippen MR) is 75.2 cm³/mol. The third kappa shape index (κ3) is 3.31.